The molecule has 2 aromatic rings. The zero-order valence-electron chi connectivity index (χ0n) is 13.8. The van der Waals surface area contributed by atoms with Crippen molar-refractivity contribution >= 4 is 5.91 Å². The molecule has 126 valence electrons. The van der Waals surface area contributed by atoms with Gasteiger partial charge in [0.1, 0.15) is 19.0 Å². The lowest BCUT2D eigenvalue weighted by Crippen LogP contribution is -2.37. The van der Waals surface area contributed by atoms with Gasteiger partial charge in [0.15, 0.2) is 11.5 Å². The van der Waals surface area contributed by atoms with Gasteiger partial charge in [0, 0.05) is 12.0 Å². The van der Waals surface area contributed by atoms with Crippen LogP contribution in [0.25, 0.3) is 0 Å². The fraction of sp³-hybridized carbons (Fsp3) is 0.316. The van der Waals surface area contributed by atoms with Gasteiger partial charge in [-0.05, 0) is 23.8 Å². The van der Waals surface area contributed by atoms with Crippen LogP contribution in [0.1, 0.15) is 29.8 Å². The van der Waals surface area contributed by atoms with Crippen LogP contribution in [0.4, 0.5) is 4.39 Å². The molecule has 0 aromatic heterocycles. The molecule has 5 heteroatoms. The summed E-state index contributed by atoms with van der Waals surface area (Å²) in [6.07, 6.45) is 0. The normalized spacial score (nSPS) is 13.5. The van der Waals surface area contributed by atoms with Crippen LogP contribution < -0.4 is 14.8 Å². The minimum Gasteiger partial charge on any atom is -0.486 e. The van der Waals surface area contributed by atoms with Crippen LogP contribution in [0, 0.1) is 5.82 Å². The fourth-order valence-corrected chi connectivity index (χ4v) is 2.75. The Morgan fingerprint density at radius 1 is 1.12 bits per heavy atom. The summed E-state index contributed by atoms with van der Waals surface area (Å²) in [4.78, 5) is 12.5. The average Bonchev–Trinajstić information content (AvgIpc) is 2.59. The van der Waals surface area contributed by atoms with E-state index in [4.69, 9.17) is 9.47 Å². The molecule has 0 atom stereocenters. The first-order chi connectivity index (χ1) is 11.5. The highest BCUT2D eigenvalue weighted by atomic mass is 19.1. The SMILES string of the molecule is CC(C)(CNC(=O)c1cccc2c1OCCO2)c1ccccc1F. The molecule has 0 saturated heterocycles. The Morgan fingerprint density at radius 2 is 1.88 bits per heavy atom. The molecule has 0 saturated carbocycles. The van der Waals surface area contributed by atoms with E-state index in [-0.39, 0.29) is 11.7 Å². The van der Waals surface area contributed by atoms with Crippen LogP contribution in [0.5, 0.6) is 11.5 Å². The number of ether oxygens (including phenoxy) is 2. The Bertz CT molecular complexity index is 758. The molecule has 4 nitrogen and oxygen atoms in total. The monoisotopic (exact) mass is 329 g/mol. The molecule has 0 fully saturated rings. The van der Waals surface area contributed by atoms with E-state index in [1.165, 1.54) is 6.07 Å². The van der Waals surface area contributed by atoms with Gasteiger partial charge in [-0.25, -0.2) is 4.39 Å². The third-order valence-corrected chi connectivity index (χ3v) is 4.10. The summed E-state index contributed by atoms with van der Waals surface area (Å²) in [5.41, 5.74) is 0.462. The molecule has 0 radical (unpaired) electrons. The average molecular weight is 329 g/mol. The van der Waals surface area contributed by atoms with Gasteiger partial charge in [-0.2, -0.15) is 0 Å². The van der Waals surface area contributed by atoms with Gasteiger partial charge in [-0.15, -0.1) is 0 Å². The molecule has 0 unspecified atom stereocenters. The van der Waals surface area contributed by atoms with Crippen LogP contribution >= 0.6 is 0 Å². The summed E-state index contributed by atoms with van der Waals surface area (Å²) in [5, 5.41) is 2.87. The molecule has 24 heavy (non-hydrogen) atoms. The molecular weight excluding hydrogens is 309 g/mol. The third-order valence-electron chi connectivity index (χ3n) is 4.10. The van der Waals surface area contributed by atoms with Crippen LogP contribution in [-0.4, -0.2) is 25.7 Å². The van der Waals surface area contributed by atoms with Crippen molar-refractivity contribution < 1.29 is 18.7 Å². The van der Waals surface area contributed by atoms with Gasteiger partial charge in [-0.1, -0.05) is 38.1 Å². The number of para-hydroxylation sites is 1. The Balaban J connectivity index is 1.75. The van der Waals surface area contributed by atoms with Crippen molar-refractivity contribution in [2.24, 2.45) is 0 Å². The lowest BCUT2D eigenvalue weighted by Gasteiger charge is -2.26. The number of rotatable bonds is 4. The molecule has 1 aliphatic heterocycles. The Hall–Kier alpha value is -2.56. The smallest absolute Gasteiger partial charge is 0.255 e. The van der Waals surface area contributed by atoms with Crippen molar-refractivity contribution in [1.82, 2.24) is 5.32 Å². The summed E-state index contributed by atoms with van der Waals surface area (Å²) in [6, 6.07) is 11.8. The largest absolute Gasteiger partial charge is 0.486 e. The summed E-state index contributed by atoms with van der Waals surface area (Å²) < 4.78 is 25.1. The van der Waals surface area contributed by atoms with E-state index in [1.54, 1.807) is 36.4 Å². The molecule has 1 heterocycles. The standard InChI is InChI=1S/C19H20FNO3/c1-19(2,14-7-3-4-8-15(14)20)12-21-18(22)13-6-5-9-16-17(13)24-11-10-23-16/h3-9H,10-12H2,1-2H3,(H,21,22). The number of carbonyl (C=O) groups excluding carboxylic acids is 1. The third kappa shape index (κ3) is 3.20. The lowest BCUT2D eigenvalue weighted by atomic mass is 9.84. The van der Waals surface area contributed by atoms with E-state index < -0.39 is 5.41 Å². The molecule has 1 aliphatic rings. The summed E-state index contributed by atoms with van der Waals surface area (Å²) in [7, 11) is 0. The molecule has 2 aromatic carbocycles. The van der Waals surface area contributed by atoms with E-state index in [0.29, 0.717) is 42.4 Å². The molecule has 1 N–H and O–H groups in total. The van der Waals surface area contributed by atoms with Crippen molar-refractivity contribution in [3.63, 3.8) is 0 Å². The maximum absolute atomic E-state index is 14.0. The summed E-state index contributed by atoms with van der Waals surface area (Å²) >= 11 is 0. The molecule has 0 spiro atoms. The van der Waals surface area contributed by atoms with E-state index in [2.05, 4.69) is 5.32 Å². The fourth-order valence-electron chi connectivity index (χ4n) is 2.75. The molecule has 0 bridgehead atoms. The number of hydrogen-bond donors (Lipinski definition) is 1. The number of benzene rings is 2. The van der Waals surface area contributed by atoms with Crippen LogP contribution in [0.15, 0.2) is 42.5 Å². The van der Waals surface area contributed by atoms with E-state index >= 15 is 0 Å². The van der Waals surface area contributed by atoms with E-state index in [9.17, 15) is 9.18 Å². The zero-order valence-corrected chi connectivity index (χ0v) is 13.8. The second kappa shape index (κ2) is 6.51. The van der Waals surface area contributed by atoms with Crippen molar-refractivity contribution in [1.29, 1.82) is 0 Å². The first-order valence-electron chi connectivity index (χ1n) is 7.91. The quantitative estimate of drug-likeness (QED) is 0.936. The van der Waals surface area contributed by atoms with Gasteiger partial charge in [0.2, 0.25) is 0 Å². The predicted molar refractivity (Wildman–Crippen MR) is 89.2 cm³/mol. The minimum absolute atomic E-state index is 0.262. The highest BCUT2D eigenvalue weighted by molar-refractivity contribution is 5.97. The minimum atomic E-state index is -0.535. The van der Waals surface area contributed by atoms with Crippen molar-refractivity contribution in [3.05, 3.63) is 59.4 Å². The molecular formula is C19H20FNO3. The van der Waals surface area contributed by atoms with E-state index in [0.717, 1.165) is 0 Å². The highest BCUT2D eigenvalue weighted by Gasteiger charge is 2.26. The topological polar surface area (TPSA) is 47.6 Å². The molecule has 3 rings (SSSR count). The van der Waals surface area contributed by atoms with Crippen molar-refractivity contribution in [2.75, 3.05) is 19.8 Å². The number of fused-ring (bicyclic) bond motifs is 1. The lowest BCUT2D eigenvalue weighted by molar-refractivity contribution is 0.0934. The van der Waals surface area contributed by atoms with Gasteiger partial charge in [0.25, 0.3) is 5.91 Å². The highest BCUT2D eigenvalue weighted by Crippen LogP contribution is 2.33. The van der Waals surface area contributed by atoms with Crippen LogP contribution in [0.2, 0.25) is 0 Å². The Morgan fingerprint density at radius 3 is 2.67 bits per heavy atom. The van der Waals surface area contributed by atoms with Gasteiger partial charge in [-0.3, -0.25) is 4.79 Å². The van der Waals surface area contributed by atoms with Gasteiger partial charge < -0.3 is 14.8 Å². The Labute approximate surface area is 140 Å². The first kappa shape index (κ1) is 16.3. The van der Waals surface area contributed by atoms with Gasteiger partial charge in [0.05, 0.1) is 5.56 Å². The summed E-state index contributed by atoms with van der Waals surface area (Å²) in [5.74, 6) is 0.500. The number of hydrogen-bond acceptors (Lipinski definition) is 3. The molecule has 1 amide bonds. The first-order valence-corrected chi connectivity index (χ1v) is 7.91. The van der Waals surface area contributed by atoms with Crippen LogP contribution in [0.3, 0.4) is 0 Å². The maximum atomic E-state index is 14.0. The Kier molecular flexibility index (Phi) is 4.42. The van der Waals surface area contributed by atoms with Crippen molar-refractivity contribution in [2.45, 2.75) is 19.3 Å². The number of amides is 1. The van der Waals surface area contributed by atoms with E-state index in [1.807, 2.05) is 13.8 Å². The predicted octanol–water partition coefficient (Wildman–Crippen LogP) is 3.30. The number of nitrogens with one attached hydrogen (secondary N) is 1. The molecule has 0 aliphatic carbocycles. The number of halogens is 1. The van der Waals surface area contributed by atoms with Crippen LogP contribution in [-0.2, 0) is 5.41 Å². The van der Waals surface area contributed by atoms with Gasteiger partial charge >= 0.3 is 0 Å². The maximum Gasteiger partial charge on any atom is 0.255 e. The second-order valence-corrected chi connectivity index (χ2v) is 6.38. The summed E-state index contributed by atoms with van der Waals surface area (Å²) in [6.45, 7) is 4.98. The second-order valence-electron chi connectivity index (χ2n) is 6.38. The zero-order chi connectivity index (χ0) is 17.2. The number of carbonyl (C=O) groups is 1. The van der Waals surface area contributed by atoms with Crippen molar-refractivity contribution in [3.8, 4) is 11.5 Å².